The van der Waals surface area contributed by atoms with E-state index in [1.807, 2.05) is 0 Å². The predicted octanol–water partition coefficient (Wildman–Crippen LogP) is 16.8. The number of carbonyl (C=O) groups is 4. The molecule has 146 heavy (non-hydrogen) atoms. The van der Waals surface area contributed by atoms with Crippen LogP contribution in [0.15, 0.2) is 245 Å². The second-order valence-electron chi connectivity index (χ2n) is 33.0. The Morgan fingerprint density at radius 3 is 1.07 bits per heavy atom. The summed E-state index contributed by atoms with van der Waals surface area (Å²) in [4.78, 5) is 68.1. The molecule has 8 aromatic carbocycles. The van der Waals surface area contributed by atoms with Gasteiger partial charge in [0.05, 0.1) is 55.6 Å². The molecule has 0 aliphatic carbocycles. The van der Waals surface area contributed by atoms with E-state index in [1.165, 1.54) is 48.5 Å². The first-order valence-corrected chi connectivity index (χ1v) is 48.9. The number of aromatic nitrogens is 7. The summed E-state index contributed by atoms with van der Waals surface area (Å²) in [6.07, 6.45) is -18.3. The second kappa shape index (κ2) is 46.0. The molecular formula is C94H76F22N14O12S4. The largest absolute Gasteiger partial charge is 0.451 e. The zero-order valence-electron chi connectivity index (χ0n) is 74.6. The Bertz CT molecular complexity index is 7000. The molecule has 4 aromatic heterocycles. The van der Waals surface area contributed by atoms with Crippen molar-refractivity contribution < 1.29 is 149 Å². The Hall–Kier alpha value is -13.7. The van der Waals surface area contributed by atoms with Crippen LogP contribution in [0, 0.1) is 46.5 Å². The van der Waals surface area contributed by atoms with E-state index in [4.69, 9.17) is 0 Å². The lowest BCUT2D eigenvalue weighted by atomic mass is 10.0. The molecule has 0 bridgehead atoms. The molecular weight excluding hydrogens is 2060 g/mol. The highest BCUT2D eigenvalue weighted by atomic mass is 32.2. The summed E-state index contributed by atoms with van der Waals surface area (Å²) in [6.45, 7) is -3.01. The van der Waals surface area contributed by atoms with Gasteiger partial charge in [0.1, 0.15) is 95.0 Å². The van der Waals surface area contributed by atoms with E-state index in [9.17, 15) is 149 Å². The highest BCUT2D eigenvalue weighted by Crippen LogP contribution is 2.38. The number of alkyl halides is 14. The fraction of sp³-hybridized carbons (Fsp3) is 0.266. The van der Waals surface area contributed by atoms with Crippen molar-refractivity contribution in [3.8, 4) is 44.8 Å². The summed E-state index contributed by atoms with van der Waals surface area (Å²) in [5.41, 5.74) is 0.0876. The minimum Gasteiger partial charge on any atom is -0.351 e. The van der Waals surface area contributed by atoms with Gasteiger partial charge in [-0.1, -0.05) is 24.3 Å². The molecule has 0 radical (unpaired) electrons. The van der Waals surface area contributed by atoms with Crippen LogP contribution in [0.4, 0.5) is 96.6 Å². The number of hydrogen-bond acceptors (Lipinski definition) is 19. The summed E-state index contributed by atoms with van der Waals surface area (Å²) in [6, 6.07) is 29.1. The summed E-state index contributed by atoms with van der Waals surface area (Å²) in [7, 11) is -17.2. The lowest BCUT2D eigenvalue weighted by Gasteiger charge is -2.23. The smallest absolute Gasteiger partial charge is 0.351 e. The molecule has 4 aliphatic rings. The first kappa shape index (κ1) is 110. The Balaban J connectivity index is 0.000000163. The molecule has 3 N–H and O–H groups in total. The van der Waals surface area contributed by atoms with Gasteiger partial charge in [0.2, 0.25) is 63.6 Å². The average Bonchev–Trinajstić information content (AvgIpc) is 1.62. The molecule has 26 nitrogen and oxygen atoms in total. The van der Waals surface area contributed by atoms with E-state index >= 15 is 0 Å². The van der Waals surface area contributed by atoms with Gasteiger partial charge in [-0.2, -0.15) is 43.6 Å². The number of hydrogen-bond donors (Lipinski definition) is 3. The SMILES string of the molecule is O=C(CCc1cc(-c2ccc(C(F)F)cc2)c(F)cn1)[C@@H]1C[C@@H](F)CN1S(=O)(=O)c1ccc(F)cc1.O=C(NCc1cc(F)cc(-c2ccc(C(F)(F)F)nn2)c1)[C@@H]1C[C@@H](F)CN1S(=O)(=O)c1ccc(F)cc1.O=C(NCc1cc(F)cc(-c2cnc(C(F)(F)F)nc2)c1)[C@@H]1C[C@@H](F)CN1S(=O)(=O)c1ccc(F)cc1.O=C(NCc1cc(F)cc(-c2cnc(C(F)F)cn2)c1)[C@@H]1C[C@@H](F)CN1S(=O)(=O)c1ccc(F)cc1. The van der Waals surface area contributed by atoms with Gasteiger partial charge in [-0.05, 0) is 204 Å². The van der Waals surface area contributed by atoms with Gasteiger partial charge in [0, 0.05) is 124 Å². The summed E-state index contributed by atoms with van der Waals surface area (Å²) in [5.74, 6) is -9.90. The van der Waals surface area contributed by atoms with Gasteiger partial charge in [-0.15, -0.1) is 10.2 Å². The number of nitrogens with one attached hydrogen (secondary N) is 3. The summed E-state index contributed by atoms with van der Waals surface area (Å²) >= 11 is 0. The Morgan fingerprint density at radius 2 is 0.719 bits per heavy atom. The van der Waals surface area contributed by atoms with Crippen molar-refractivity contribution in [2.75, 3.05) is 26.2 Å². The third kappa shape index (κ3) is 27.2. The molecule has 4 fully saturated rings. The second-order valence-corrected chi connectivity index (χ2v) is 40.5. The van der Waals surface area contributed by atoms with Gasteiger partial charge in [-0.3, -0.25) is 34.1 Å². The van der Waals surface area contributed by atoms with Crippen LogP contribution in [0.5, 0.6) is 0 Å². The fourth-order valence-electron chi connectivity index (χ4n) is 15.6. The number of benzene rings is 8. The first-order valence-electron chi connectivity index (χ1n) is 43.1. The van der Waals surface area contributed by atoms with Crippen LogP contribution in [0.25, 0.3) is 44.8 Å². The number of sulfonamides is 4. The van der Waals surface area contributed by atoms with Crippen molar-refractivity contribution >= 4 is 63.6 Å². The van der Waals surface area contributed by atoms with E-state index in [0.717, 1.165) is 179 Å². The number of amides is 3. The first-order chi connectivity index (χ1) is 68.8. The molecule has 12 aromatic rings. The molecule has 4 aliphatic heterocycles. The molecule has 0 spiro atoms. The van der Waals surface area contributed by atoms with Crippen LogP contribution in [-0.2, 0) is 97.7 Å². The van der Waals surface area contributed by atoms with Gasteiger partial charge >= 0.3 is 12.4 Å². The molecule has 8 heterocycles. The molecule has 772 valence electrons. The monoisotopic (exact) mass is 2140 g/mol. The van der Waals surface area contributed by atoms with Crippen molar-refractivity contribution in [2.45, 2.75) is 152 Å². The van der Waals surface area contributed by atoms with Gasteiger partial charge in [0.25, 0.3) is 12.9 Å². The molecule has 4 saturated heterocycles. The van der Waals surface area contributed by atoms with E-state index in [-0.39, 0.29) is 126 Å². The summed E-state index contributed by atoms with van der Waals surface area (Å²) in [5, 5.41) is 13.9. The number of Topliss-reactive ketones (excluding diaryl/α,β-unsaturated/α-hetero) is 1. The highest BCUT2D eigenvalue weighted by molar-refractivity contribution is 7.90. The van der Waals surface area contributed by atoms with Crippen LogP contribution in [0.3, 0.4) is 0 Å². The third-order valence-corrected chi connectivity index (χ3v) is 30.3. The quantitative estimate of drug-likeness (QED) is 0.0403. The molecule has 0 saturated carbocycles. The maximum atomic E-state index is 14.4. The maximum Gasteiger partial charge on any atom is 0.451 e. The molecule has 16 rings (SSSR count). The lowest BCUT2D eigenvalue weighted by Crippen LogP contribution is -2.45. The van der Waals surface area contributed by atoms with Gasteiger partial charge < -0.3 is 16.0 Å². The Kier molecular flexibility index (Phi) is 34.5. The molecule has 3 amide bonds. The standard InChI is InChI=1S/C25H21F5N2O3S.2C23H18F6N4O3S.C23H19F5N4O3S/c26-17-5-8-20(9-6-17)36(34,35)32-14-18(27)11-23(32)24(33)10-7-19-12-21(22(28)13-31-19)15-1-3-16(4-2-15)25(29)30;24-16-1-3-19(4-2-16)37(35,36)33-12-18(26)8-20(33)21(34)30-9-13-5-14(7-17(25)6-13)15-10-31-22(32-11-15)23(27,28)29;24-15-1-3-18(4-2-15)37(35,36)33-12-17(26)10-20(33)22(34)30-11-13-7-14(9-16(25)8-13)19-5-6-21(32-31-19)23(27,28)29;24-15-1-3-18(4-2-15)36(34,35)32-12-17(26)8-21(32)23(33)31-9-13-5-14(7-16(25)6-13)19-10-30-20(11-29-19)22(27)28/h1-6,8-9,12-13,18,23,25H,7,10-11,14H2;1-7,10-11,18,20H,8-9,12H2,(H,30,34);1-9,17,20H,10-12H2,(H,30,34);1-7,10-11,17,21-22H,8-9,12H2,(H,31,33)/t18-,23+;18-,20+;17-,20+;17-,21+/m1111/s1. The van der Waals surface area contributed by atoms with Crippen LogP contribution < -0.4 is 16.0 Å². The third-order valence-electron chi connectivity index (χ3n) is 22.7. The van der Waals surface area contributed by atoms with Crippen LogP contribution in [-0.4, -0.2) is 185 Å². The van der Waals surface area contributed by atoms with Crippen LogP contribution in [0.2, 0.25) is 0 Å². The van der Waals surface area contributed by atoms with E-state index in [1.54, 1.807) is 0 Å². The summed E-state index contributed by atoms with van der Waals surface area (Å²) < 4.78 is 400. The van der Waals surface area contributed by atoms with Crippen LogP contribution in [0.1, 0.15) is 90.1 Å². The van der Waals surface area contributed by atoms with E-state index in [0.29, 0.717) is 25.9 Å². The van der Waals surface area contributed by atoms with Gasteiger partial charge in [-0.25, -0.2) is 114 Å². The number of carbonyl (C=O) groups excluding carboxylic acids is 4. The zero-order chi connectivity index (χ0) is 106. The van der Waals surface area contributed by atoms with Crippen molar-refractivity contribution in [1.82, 2.24) is 68.3 Å². The average molecular weight is 2140 g/mol. The highest BCUT2D eigenvalue weighted by Gasteiger charge is 2.49. The number of aryl methyl sites for hydroxylation is 1. The number of nitrogens with zero attached hydrogens (tertiary/aromatic N) is 11. The van der Waals surface area contributed by atoms with Crippen molar-refractivity contribution in [3.63, 3.8) is 0 Å². The topological polar surface area (TPSA) is 344 Å². The molecule has 52 heteroatoms. The minimum absolute atomic E-state index is 0.0269. The number of ketones is 1. The Labute approximate surface area is 816 Å². The zero-order valence-corrected chi connectivity index (χ0v) is 77.9. The molecule has 8 atom stereocenters. The Morgan fingerprint density at radius 1 is 0.349 bits per heavy atom. The van der Waals surface area contributed by atoms with Crippen molar-refractivity contribution in [1.29, 1.82) is 0 Å². The number of pyridine rings is 1. The van der Waals surface area contributed by atoms with E-state index < -0.39 is 240 Å². The van der Waals surface area contributed by atoms with E-state index in [2.05, 4.69) is 51.1 Å². The van der Waals surface area contributed by atoms with Crippen molar-refractivity contribution in [2.24, 2.45) is 0 Å². The van der Waals surface area contributed by atoms with Gasteiger partial charge in [0.15, 0.2) is 11.5 Å². The normalized spacial score (nSPS) is 18.6. The minimum atomic E-state index is -4.74. The molecule has 0 unspecified atom stereocenters. The fourth-order valence-corrected chi connectivity index (χ4v) is 22.2. The maximum absolute atomic E-state index is 14.4. The van der Waals surface area contributed by atoms with Crippen molar-refractivity contribution in [3.05, 3.63) is 317 Å². The number of rotatable bonds is 27. The lowest BCUT2D eigenvalue weighted by molar-refractivity contribution is -0.145. The van der Waals surface area contributed by atoms with Crippen LogP contribution >= 0.6 is 0 Å². The predicted molar refractivity (Wildman–Crippen MR) is 475 cm³/mol. The number of halogens is 22.